The van der Waals surface area contributed by atoms with Gasteiger partial charge in [-0.2, -0.15) is 5.10 Å². The van der Waals surface area contributed by atoms with Gasteiger partial charge in [-0.05, 0) is 24.3 Å². The lowest BCUT2D eigenvalue weighted by Gasteiger charge is -2.06. The Morgan fingerprint density at radius 2 is 2.19 bits per heavy atom. The molecule has 0 saturated carbocycles. The van der Waals surface area contributed by atoms with E-state index in [2.05, 4.69) is 15.5 Å². The SMILES string of the molecule is COc1cc(/C=N/NC(=O)c2ccccn2)cc(O)c1O. The number of aromatic nitrogens is 1. The zero-order chi connectivity index (χ0) is 15.2. The first kappa shape index (κ1) is 14.3. The van der Waals surface area contributed by atoms with Crippen LogP contribution < -0.4 is 10.2 Å². The third-order valence-electron chi connectivity index (χ3n) is 2.57. The van der Waals surface area contributed by atoms with Gasteiger partial charge in [-0.15, -0.1) is 0 Å². The van der Waals surface area contributed by atoms with E-state index in [1.54, 1.807) is 18.2 Å². The predicted octanol–water partition coefficient (Wildman–Crippen LogP) is 1.27. The third-order valence-corrected chi connectivity index (χ3v) is 2.57. The van der Waals surface area contributed by atoms with Crippen molar-refractivity contribution in [3.8, 4) is 17.2 Å². The van der Waals surface area contributed by atoms with Gasteiger partial charge in [-0.1, -0.05) is 6.07 Å². The molecule has 0 aliphatic rings. The molecule has 0 radical (unpaired) electrons. The van der Waals surface area contributed by atoms with E-state index in [1.165, 1.54) is 31.7 Å². The molecule has 0 aliphatic heterocycles. The maximum Gasteiger partial charge on any atom is 0.289 e. The average molecular weight is 287 g/mol. The summed E-state index contributed by atoms with van der Waals surface area (Å²) in [6.07, 6.45) is 2.81. The highest BCUT2D eigenvalue weighted by Gasteiger charge is 2.09. The van der Waals surface area contributed by atoms with Gasteiger partial charge in [0.1, 0.15) is 5.69 Å². The Balaban J connectivity index is 2.08. The molecule has 3 N–H and O–H groups in total. The van der Waals surface area contributed by atoms with E-state index < -0.39 is 5.91 Å². The van der Waals surface area contributed by atoms with Crippen molar-refractivity contribution in [2.45, 2.75) is 0 Å². The molecule has 2 aromatic rings. The van der Waals surface area contributed by atoms with Gasteiger partial charge < -0.3 is 14.9 Å². The van der Waals surface area contributed by atoms with Crippen LogP contribution >= 0.6 is 0 Å². The number of carbonyl (C=O) groups is 1. The van der Waals surface area contributed by atoms with Crippen LogP contribution in [0.2, 0.25) is 0 Å². The summed E-state index contributed by atoms with van der Waals surface area (Å²) in [7, 11) is 1.36. The molecule has 0 bridgehead atoms. The van der Waals surface area contributed by atoms with Crippen LogP contribution in [0.1, 0.15) is 16.1 Å². The number of phenols is 2. The lowest BCUT2D eigenvalue weighted by atomic mass is 10.2. The summed E-state index contributed by atoms with van der Waals surface area (Å²) in [5.74, 6) is -1.05. The van der Waals surface area contributed by atoms with Crippen LogP contribution in [0.15, 0.2) is 41.6 Å². The van der Waals surface area contributed by atoms with E-state index in [0.29, 0.717) is 5.56 Å². The van der Waals surface area contributed by atoms with E-state index >= 15 is 0 Å². The normalized spacial score (nSPS) is 10.5. The number of amides is 1. The maximum atomic E-state index is 11.7. The highest BCUT2D eigenvalue weighted by molar-refractivity contribution is 5.93. The van der Waals surface area contributed by atoms with Crippen LogP contribution in [0, 0.1) is 0 Å². The molecule has 1 aromatic heterocycles. The molecule has 0 spiro atoms. The number of nitrogens with zero attached hydrogens (tertiary/aromatic N) is 2. The number of hydrazone groups is 1. The molecule has 1 heterocycles. The summed E-state index contributed by atoms with van der Waals surface area (Å²) in [6.45, 7) is 0. The standard InChI is InChI=1S/C14H13N3O4/c1-21-12-7-9(6-11(18)13(12)19)8-16-17-14(20)10-4-2-3-5-15-10/h2-8,18-19H,1H3,(H,17,20)/b16-8+. The van der Waals surface area contributed by atoms with E-state index in [-0.39, 0.29) is 22.9 Å². The second-order valence-corrected chi connectivity index (χ2v) is 4.01. The molecular formula is C14H13N3O4. The lowest BCUT2D eigenvalue weighted by Crippen LogP contribution is -2.18. The van der Waals surface area contributed by atoms with Crippen LogP contribution in [-0.4, -0.2) is 34.4 Å². The molecule has 21 heavy (non-hydrogen) atoms. The Bertz CT molecular complexity index is 671. The Morgan fingerprint density at radius 3 is 2.86 bits per heavy atom. The van der Waals surface area contributed by atoms with Crippen molar-refractivity contribution in [3.05, 3.63) is 47.8 Å². The van der Waals surface area contributed by atoms with Crippen LogP contribution in [0.25, 0.3) is 0 Å². The Kier molecular flexibility index (Phi) is 4.35. The number of carbonyl (C=O) groups excluding carboxylic acids is 1. The Morgan fingerprint density at radius 1 is 1.38 bits per heavy atom. The van der Waals surface area contributed by atoms with Gasteiger partial charge in [0.05, 0.1) is 13.3 Å². The summed E-state index contributed by atoms with van der Waals surface area (Å²) >= 11 is 0. The summed E-state index contributed by atoms with van der Waals surface area (Å²) in [4.78, 5) is 15.6. The molecule has 108 valence electrons. The van der Waals surface area contributed by atoms with E-state index in [9.17, 15) is 15.0 Å². The highest BCUT2D eigenvalue weighted by Crippen LogP contribution is 2.35. The molecule has 7 heteroatoms. The van der Waals surface area contributed by atoms with E-state index in [0.717, 1.165) is 0 Å². The number of aromatic hydroxyl groups is 2. The topological polar surface area (TPSA) is 104 Å². The second kappa shape index (κ2) is 6.38. The van der Waals surface area contributed by atoms with Crippen molar-refractivity contribution in [3.63, 3.8) is 0 Å². The zero-order valence-corrected chi connectivity index (χ0v) is 11.1. The fourth-order valence-electron chi connectivity index (χ4n) is 1.56. The van der Waals surface area contributed by atoms with Crippen molar-refractivity contribution in [2.24, 2.45) is 5.10 Å². The van der Waals surface area contributed by atoms with Crippen molar-refractivity contribution in [2.75, 3.05) is 7.11 Å². The molecule has 0 unspecified atom stereocenters. The van der Waals surface area contributed by atoms with E-state index in [1.807, 2.05) is 0 Å². The first-order chi connectivity index (χ1) is 10.1. The number of methoxy groups -OCH3 is 1. The van der Waals surface area contributed by atoms with Crippen molar-refractivity contribution < 1.29 is 19.7 Å². The number of rotatable bonds is 4. The van der Waals surface area contributed by atoms with Gasteiger partial charge in [0.2, 0.25) is 5.75 Å². The Hall–Kier alpha value is -3.09. The fraction of sp³-hybridized carbons (Fsp3) is 0.0714. The maximum absolute atomic E-state index is 11.7. The number of hydrogen-bond donors (Lipinski definition) is 3. The first-order valence-corrected chi connectivity index (χ1v) is 5.96. The minimum atomic E-state index is -0.457. The van der Waals surface area contributed by atoms with E-state index in [4.69, 9.17) is 4.74 Å². The number of nitrogens with one attached hydrogen (secondary N) is 1. The number of phenolic OH excluding ortho intramolecular Hbond substituents is 2. The van der Waals surface area contributed by atoms with Gasteiger partial charge >= 0.3 is 0 Å². The predicted molar refractivity (Wildman–Crippen MR) is 75.6 cm³/mol. The number of pyridine rings is 1. The molecule has 2 rings (SSSR count). The number of ether oxygens (including phenoxy) is 1. The van der Waals surface area contributed by atoms with Crippen LogP contribution in [0.3, 0.4) is 0 Å². The summed E-state index contributed by atoms with van der Waals surface area (Å²) < 4.78 is 4.89. The quantitative estimate of drug-likeness (QED) is 0.446. The van der Waals surface area contributed by atoms with Crippen LogP contribution in [-0.2, 0) is 0 Å². The number of hydrogen-bond acceptors (Lipinski definition) is 6. The van der Waals surface area contributed by atoms with Crippen LogP contribution in [0.4, 0.5) is 0 Å². The highest BCUT2D eigenvalue weighted by atomic mass is 16.5. The average Bonchev–Trinajstić information content (AvgIpc) is 2.51. The molecule has 0 saturated heterocycles. The largest absolute Gasteiger partial charge is 0.504 e. The zero-order valence-electron chi connectivity index (χ0n) is 11.1. The molecule has 0 aliphatic carbocycles. The number of benzene rings is 1. The minimum absolute atomic E-state index is 0.104. The van der Waals surface area contributed by atoms with Gasteiger partial charge in [0.25, 0.3) is 5.91 Å². The van der Waals surface area contributed by atoms with Gasteiger partial charge in [-0.25, -0.2) is 5.43 Å². The van der Waals surface area contributed by atoms with Crippen molar-refractivity contribution in [1.82, 2.24) is 10.4 Å². The minimum Gasteiger partial charge on any atom is -0.504 e. The monoisotopic (exact) mass is 287 g/mol. The molecule has 1 amide bonds. The van der Waals surface area contributed by atoms with Gasteiger partial charge in [-0.3, -0.25) is 9.78 Å². The fourth-order valence-corrected chi connectivity index (χ4v) is 1.56. The van der Waals surface area contributed by atoms with Crippen molar-refractivity contribution >= 4 is 12.1 Å². The van der Waals surface area contributed by atoms with Gasteiger partial charge in [0, 0.05) is 11.8 Å². The molecule has 1 aromatic carbocycles. The van der Waals surface area contributed by atoms with Crippen molar-refractivity contribution in [1.29, 1.82) is 0 Å². The van der Waals surface area contributed by atoms with Crippen LogP contribution in [0.5, 0.6) is 17.2 Å². The summed E-state index contributed by atoms with van der Waals surface area (Å²) in [5, 5.41) is 22.7. The molecule has 7 nitrogen and oxygen atoms in total. The molecule has 0 atom stereocenters. The Labute approximate surface area is 120 Å². The summed E-state index contributed by atoms with van der Waals surface area (Å²) in [5.41, 5.74) is 2.99. The lowest BCUT2D eigenvalue weighted by molar-refractivity contribution is 0.0950. The smallest absolute Gasteiger partial charge is 0.289 e. The molecular weight excluding hydrogens is 274 g/mol. The summed E-state index contributed by atoms with van der Waals surface area (Å²) in [6, 6.07) is 7.69. The first-order valence-electron chi connectivity index (χ1n) is 5.96. The second-order valence-electron chi connectivity index (χ2n) is 4.01. The third kappa shape index (κ3) is 3.47. The van der Waals surface area contributed by atoms with Gasteiger partial charge in [0.15, 0.2) is 11.5 Å². The molecule has 0 fully saturated rings.